The van der Waals surface area contributed by atoms with E-state index in [0.717, 1.165) is 5.56 Å². The molecule has 0 radical (unpaired) electrons. The third-order valence-electron chi connectivity index (χ3n) is 2.41. The van der Waals surface area contributed by atoms with Crippen molar-refractivity contribution in [1.82, 2.24) is 15.0 Å². The zero-order valence-electron chi connectivity index (χ0n) is 10.00. The van der Waals surface area contributed by atoms with Crippen molar-refractivity contribution in [3.05, 3.63) is 33.8 Å². The van der Waals surface area contributed by atoms with Crippen LogP contribution in [-0.4, -0.2) is 27.6 Å². The minimum atomic E-state index is -0.477. The second-order valence-electron chi connectivity index (χ2n) is 3.60. The molecule has 0 aliphatic heterocycles. The van der Waals surface area contributed by atoms with Gasteiger partial charge in [-0.05, 0) is 29.3 Å². The number of thiophene rings is 1. The smallest absolute Gasteiger partial charge is 0.360 e. The minimum absolute atomic E-state index is 0.200. The van der Waals surface area contributed by atoms with Crippen molar-refractivity contribution in [2.24, 2.45) is 5.73 Å². The van der Waals surface area contributed by atoms with E-state index in [9.17, 15) is 4.79 Å². The quantitative estimate of drug-likeness (QED) is 0.817. The van der Waals surface area contributed by atoms with Gasteiger partial charge in [-0.3, -0.25) is 0 Å². The Morgan fingerprint density at radius 3 is 3.06 bits per heavy atom. The molecule has 0 atom stereocenters. The molecule has 2 rings (SSSR count). The summed E-state index contributed by atoms with van der Waals surface area (Å²) in [6.07, 6.45) is 0. The number of carbonyl (C=O) groups excluding carboxylic acids is 1. The van der Waals surface area contributed by atoms with E-state index >= 15 is 0 Å². The number of hydrogen-bond acceptors (Lipinski definition) is 6. The van der Waals surface area contributed by atoms with Crippen molar-refractivity contribution in [3.8, 4) is 0 Å². The summed E-state index contributed by atoms with van der Waals surface area (Å²) in [6, 6.07) is 2.00. The number of nitrogens with zero attached hydrogens (tertiary/aromatic N) is 3. The Labute approximate surface area is 108 Å². The SMILES string of the molecule is CCOC(=O)c1nnn(Cc2ccsc2)c1CN. The lowest BCUT2D eigenvalue weighted by molar-refractivity contribution is 0.0518. The van der Waals surface area contributed by atoms with Crippen molar-refractivity contribution in [2.75, 3.05) is 6.61 Å². The van der Waals surface area contributed by atoms with Gasteiger partial charge in [0.1, 0.15) is 0 Å². The predicted octanol–water partition coefficient (Wildman–Crippen LogP) is 1.02. The lowest BCUT2D eigenvalue weighted by atomic mass is 10.3. The number of hydrogen-bond donors (Lipinski definition) is 1. The first kappa shape index (κ1) is 12.7. The number of aromatic nitrogens is 3. The molecule has 2 heterocycles. The van der Waals surface area contributed by atoms with Crippen molar-refractivity contribution >= 4 is 17.3 Å². The third kappa shape index (κ3) is 2.57. The molecule has 2 N–H and O–H groups in total. The van der Waals surface area contributed by atoms with Crippen LogP contribution in [-0.2, 0) is 17.8 Å². The lowest BCUT2D eigenvalue weighted by Gasteiger charge is -2.04. The minimum Gasteiger partial charge on any atom is -0.461 e. The van der Waals surface area contributed by atoms with Gasteiger partial charge in [0.05, 0.1) is 18.8 Å². The topological polar surface area (TPSA) is 83.0 Å². The predicted molar refractivity (Wildman–Crippen MR) is 67.3 cm³/mol. The number of esters is 1. The van der Waals surface area contributed by atoms with E-state index in [0.29, 0.717) is 18.8 Å². The molecule has 0 unspecified atom stereocenters. The van der Waals surface area contributed by atoms with E-state index in [1.807, 2.05) is 16.8 Å². The first-order valence-corrected chi connectivity index (χ1v) is 6.51. The van der Waals surface area contributed by atoms with Crippen molar-refractivity contribution in [1.29, 1.82) is 0 Å². The molecule has 0 saturated carbocycles. The monoisotopic (exact) mass is 266 g/mol. The summed E-state index contributed by atoms with van der Waals surface area (Å²) in [4.78, 5) is 11.6. The molecule has 6 nitrogen and oxygen atoms in total. The van der Waals surface area contributed by atoms with Crippen LogP contribution in [0.15, 0.2) is 16.8 Å². The maximum atomic E-state index is 11.6. The van der Waals surface area contributed by atoms with Gasteiger partial charge in [0.2, 0.25) is 0 Å². The summed E-state index contributed by atoms with van der Waals surface area (Å²) in [7, 11) is 0. The molecule has 0 bridgehead atoms. The van der Waals surface area contributed by atoms with Crippen LogP contribution in [0, 0.1) is 0 Å². The molecule has 0 aliphatic carbocycles. The maximum Gasteiger partial charge on any atom is 0.360 e. The van der Waals surface area contributed by atoms with Gasteiger partial charge in [-0.2, -0.15) is 11.3 Å². The Balaban J connectivity index is 2.24. The molecule has 18 heavy (non-hydrogen) atoms. The fraction of sp³-hybridized carbons (Fsp3) is 0.364. The van der Waals surface area contributed by atoms with Gasteiger partial charge in [-0.15, -0.1) is 5.10 Å². The van der Waals surface area contributed by atoms with E-state index in [2.05, 4.69) is 10.3 Å². The molecular weight excluding hydrogens is 252 g/mol. The number of carbonyl (C=O) groups is 1. The van der Waals surface area contributed by atoms with Gasteiger partial charge in [-0.25, -0.2) is 9.48 Å². The highest BCUT2D eigenvalue weighted by atomic mass is 32.1. The zero-order chi connectivity index (χ0) is 13.0. The van der Waals surface area contributed by atoms with Crippen molar-refractivity contribution < 1.29 is 9.53 Å². The van der Waals surface area contributed by atoms with E-state index in [-0.39, 0.29) is 12.2 Å². The Hall–Kier alpha value is -1.73. The maximum absolute atomic E-state index is 11.6. The summed E-state index contributed by atoms with van der Waals surface area (Å²) >= 11 is 1.61. The van der Waals surface area contributed by atoms with Gasteiger partial charge >= 0.3 is 5.97 Å². The standard InChI is InChI=1S/C11H14N4O2S/c1-2-17-11(16)10-9(5-12)15(14-13-10)6-8-3-4-18-7-8/h3-4,7H,2,5-6,12H2,1H3. The highest BCUT2D eigenvalue weighted by Gasteiger charge is 2.19. The Morgan fingerprint density at radius 1 is 1.61 bits per heavy atom. The van der Waals surface area contributed by atoms with E-state index in [1.165, 1.54) is 0 Å². The number of nitrogens with two attached hydrogens (primary N) is 1. The molecule has 0 spiro atoms. The first-order valence-electron chi connectivity index (χ1n) is 5.56. The van der Waals surface area contributed by atoms with E-state index in [1.54, 1.807) is 22.9 Å². The summed E-state index contributed by atoms with van der Waals surface area (Å²) in [5, 5.41) is 11.8. The summed E-state index contributed by atoms with van der Waals surface area (Å²) in [5.41, 5.74) is 7.56. The van der Waals surface area contributed by atoms with Gasteiger partial charge in [0.15, 0.2) is 5.69 Å². The second kappa shape index (κ2) is 5.74. The molecule has 7 heteroatoms. The number of rotatable bonds is 5. The van der Waals surface area contributed by atoms with Gasteiger partial charge in [-0.1, -0.05) is 5.21 Å². The van der Waals surface area contributed by atoms with Crippen LogP contribution < -0.4 is 5.73 Å². The normalized spacial score (nSPS) is 10.6. The van der Waals surface area contributed by atoms with Gasteiger partial charge < -0.3 is 10.5 Å². The molecule has 2 aromatic heterocycles. The van der Waals surface area contributed by atoms with Crippen LogP contribution in [0.5, 0.6) is 0 Å². The van der Waals surface area contributed by atoms with Crippen LogP contribution in [0.2, 0.25) is 0 Å². The van der Waals surface area contributed by atoms with Crippen molar-refractivity contribution in [3.63, 3.8) is 0 Å². The fourth-order valence-corrected chi connectivity index (χ4v) is 2.24. The molecule has 0 amide bonds. The molecule has 2 aromatic rings. The largest absolute Gasteiger partial charge is 0.461 e. The van der Waals surface area contributed by atoms with Crippen LogP contribution in [0.3, 0.4) is 0 Å². The van der Waals surface area contributed by atoms with E-state index < -0.39 is 5.97 Å². The van der Waals surface area contributed by atoms with Gasteiger partial charge in [0, 0.05) is 6.54 Å². The number of ether oxygens (including phenoxy) is 1. The highest BCUT2D eigenvalue weighted by Crippen LogP contribution is 2.12. The lowest BCUT2D eigenvalue weighted by Crippen LogP contribution is -2.14. The third-order valence-corrected chi connectivity index (χ3v) is 3.14. The fourth-order valence-electron chi connectivity index (χ4n) is 1.58. The summed E-state index contributed by atoms with van der Waals surface area (Å²) < 4.78 is 6.54. The van der Waals surface area contributed by atoms with Crippen LogP contribution in [0.4, 0.5) is 0 Å². The molecular formula is C11H14N4O2S. The molecule has 96 valence electrons. The first-order chi connectivity index (χ1) is 8.76. The van der Waals surface area contributed by atoms with Gasteiger partial charge in [0.25, 0.3) is 0 Å². The molecule has 0 aliphatic rings. The molecule has 0 saturated heterocycles. The average molecular weight is 266 g/mol. The second-order valence-corrected chi connectivity index (χ2v) is 4.38. The van der Waals surface area contributed by atoms with Crippen LogP contribution in [0.25, 0.3) is 0 Å². The zero-order valence-corrected chi connectivity index (χ0v) is 10.8. The molecule has 0 aromatic carbocycles. The summed E-state index contributed by atoms with van der Waals surface area (Å²) in [5.74, 6) is -0.477. The van der Waals surface area contributed by atoms with Crippen molar-refractivity contribution in [2.45, 2.75) is 20.0 Å². The highest BCUT2D eigenvalue weighted by molar-refractivity contribution is 7.07. The van der Waals surface area contributed by atoms with Crippen LogP contribution in [0.1, 0.15) is 28.7 Å². The Kier molecular flexibility index (Phi) is 4.06. The average Bonchev–Trinajstić information content (AvgIpc) is 2.99. The van der Waals surface area contributed by atoms with Crippen LogP contribution >= 0.6 is 11.3 Å². The van der Waals surface area contributed by atoms with E-state index in [4.69, 9.17) is 10.5 Å². The molecule has 0 fully saturated rings. The summed E-state index contributed by atoms with van der Waals surface area (Å²) in [6.45, 7) is 2.81. The Morgan fingerprint density at radius 2 is 2.44 bits per heavy atom. The Bertz CT molecular complexity index is 521.